The van der Waals surface area contributed by atoms with Gasteiger partial charge in [0.05, 0.1) is 12.9 Å². The molecular formula is C9H11IO4S. The van der Waals surface area contributed by atoms with Gasteiger partial charge >= 0.3 is 0 Å². The van der Waals surface area contributed by atoms with Crippen molar-refractivity contribution < 1.29 is 17.7 Å². The summed E-state index contributed by atoms with van der Waals surface area (Å²) < 4.78 is 35.8. The molecule has 1 N–H and O–H groups in total. The van der Waals surface area contributed by atoms with Gasteiger partial charge in [0.1, 0.15) is 5.75 Å². The van der Waals surface area contributed by atoms with Crippen molar-refractivity contribution in [1.29, 1.82) is 0 Å². The van der Waals surface area contributed by atoms with Crippen LogP contribution in [0, 0.1) is 3.57 Å². The molecular weight excluding hydrogens is 331 g/mol. The van der Waals surface area contributed by atoms with Crippen LogP contribution in [0.3, 0.4) is 0 Å². The third-order valence-corrected chi connectivity index (χ3v) is 3.65. The van der Waals surface area contributed by atoms with E-state index >= 15 is 0 Å². The number of aryl methyl sites for hydroxylation is 1. The van der Waals surface area contributed by atoms with Crippen molar-refractivity contribution in [2.45, 2.75) is 6.42 Å². The Morgan fingerprint density at radius 1 is 1.47 bits per heavy atom. The summed E-state index contributed by atoms with van der Waals surface area (Å²) in [6, 6.07) is 5.42. The van der Waals surface area contributed by atoms with Crippen LogP contribution in [0.15, 0.2) is 18.2 Å². The van der Waals surface area contributed by atoms with E-state index in [1.54, 1.807) is 19.2 Å². The summed E-state index contributed by atoms with van der Waals surface area (Å²) in [6.07, 6.45) is 0.286. The SMILES string of the molecule is COc1ccc(I)c(CCS(=O)(=O)O)c1. The zero-order chi connectivity index (χ0) is 11.5. The molecule has 0 heterocycles. The summed E-state index contributed by atoms with van der Waals surface area (Å²) >= 11 is 2.11. The normalized spacial score (nSPS) is 11.4. The molecule has 1 aromatic rings. The zero-order valence-electron chi connectivity index (χ0n) is 8.10. The van der Waals surface area contributed by atoms with Crippen LogP contribution in [0.1, 0.15) is 5.56 Å². The van der Waals surface area contributed by atoms with E-state index in [-0.39, 0.29) is 12.2 Å². The molecule has 84 valence electrons. The quantitative estimate of drug-likeness (QED) is 0.669. The maximum absolute atomic E-state index is 10.6. The van der Waals surface area contributed by atoms with Gasteiger partial charge in [-0.1, -0.05) is 0 Å². The maximum atomic E-state index is 10.6. The highest BCUT2D eigenvalue weighted by atomic mass is 127. The number of hydrogen-bond donors (Lipinski definition) is 1. The van der Waals surface area contributed by atoms with Gasteiger partial charge in [0.2, 0.25) is 0 Å². The molecule has 0 aromatic heterocycles. The third kappa shape index (κ3) is 4.35. The molecule has 0 atom stereocenters. The first kappa shape index (κ1) is 12.7. The van der Waals surface area contributed by atoms with E-state index in [0.29, 0.717) is 5.75 Å². The summed E-state index contributed by atoms with van der Waals surface area (Å²) in [5.41, 5.74) is 0.854. The second-order valence-corrected chi connectivity index (χ2v) is 5.73. The van der Waals surface area contributed by atoms with E-state index in [1.807, 2.05) is 6.07 Å². The molecule has 0 aliphatic rings. The van der Waals surface area contributed by atoms with Gasteiger partial charge in [-0.3, -0.25) is 4.55 Å². The molecule has 1 aromatic carbocycles. The zero-order valence-corrected chi connectivity index (χ0v) is 11.1. The van der Waals surface area contributed by atoms with Gasteiger partial charge < -0.3 is 4.74 Å². The Balaban J connectivity index is 2.84. The fourth-order valence-corrected chi connectivity index (χ4v) is 2.19. The van der Waals surface area contributed by atoms with Gasteiger partial charge in [-0.15, -0.1) is 0 Å². The van der Waals surface area contributed by atoms with Crippen molar-refractivity contribution in [3.63, 3.8) is 0 Å². The smallest absolute Gasteiger partial charge is 0.265 e. The molecule has 1 rings (SSSR count). The standard InChI is InChI=1S/C9H11IO4S/c1-14-8-2-3-9(10)7(6-8)4-5-15(11,12)13/h2-3,6H,4-5H2,1H3,(H,11,12,13). The minimum atomic E-state index is -3.90. The minimum Gasteiger partial charge on any atom is -0.497 e. The van der Waals surface area contributed by atoms with Crippen LogP contribution < -0.4 is 4.74 Å². The number of benzene rings is 1. The molecule has 0 saturated heterocycles. The van der Waals surface area contributed by atoms with E-state index in [2.05, 4.69) is 22.6 Å². The van der Waals surface area contributed by atoms with Crippen LogP contribution in [0.4, 0.5) is 0 Å². The van der Waals surface area contributed by atoms with Crippen molar-refractivity contribution >= 4 is 32.7 Å². The van der Waals surface area contributed by atoms with Crippen LogP contribution in [-0.2, 0) is 16.5 Å². The first-order valence-electron chi connectivity index (χ1n) is 4.20. The molecule has 0 bridgehead atoms. The average molecular weight is 342 g/mol. The second kappa shape index (κ2) is 5.13. The molecule has 0 amide bonds. The number of halogens is 1. The first-order valence-corrected chi connectivity index (χ1v) is 6.89. The molecule has 0 saturated carbocycles. The van der Waals surface area contributed by atoms with Gasteiger partial charge in [0.25, 0.3) is 10.1 Å². The van der Waals surface area contributed by atoms with Crippen molar-refractivity contribution in [3.8, 4) is 5.75 Å². The summed E-state index contributed by atoms with van der Waals surface area (Å²) in [7, 11) is -2.35. The van der Waals surface area contributed by atoms with E-state index in [0.717, 1.165) is 9.13 Å². The Kier molecular flexibility index (Phi) is 4.35. The summed E-state index contributed by atoms with van der Waals surface area (Å²) in [5, 5.41) is 0. The first-order chi connectivity index (χ1) is 6.92. The highest BCUT2D eigenvalue weighted by molar-refractivity contribution is 14.1. The van der Waals surface area contributed by atoms with Crippen LogP contribution >= 0.6 is 22.6 Å². The largest absolute Gasteiger partial charge is 0.497 e. The van der Waals surface area contributed by atoms with Crippen LogP contribution in [-0.4, -0.2) is 25.8 Å². The Morgan fingerprint density at radius 2 is 2.13 bits per heavy atom. The van der Waals surface area contributed by atoms with Crippen molar-refractivity contribution in [2.24, 2.45) is 0 Å². The summed E-state index contributed by atoms with van der Waals surface area (Å²) in [5.74, 6) is 0.414. The topological polar surface area (TPSA) is 63.6 Å². The molecule has 0 aliphatic heterocycles. The average Bonchev–Trinajstić information content (AvgIpc) is 2.15. The summed E-state index contributed by atoms with van der Waals surface area (Å²) in [6.45, 7) is 0. The number of ether oxygens (including phenoxy) is 1. The molecule has 0 aliphatic carbocycles. The lowest BCUT2D eigenvalue weighted by Gasteiger charge is -2.06. The third-order valence-electron chi connectivity index (χ3n) is 1.88. The van der Waals surface area contributed by atoms with E-state index in [4.69, 9.17) is 9.29 Å². The molecule has 0 spiro atoms. The number of rotatable bonds is 4. The molecule has 4 nitrogen and oxygen atoms in total. The lowest BCUT2D eigenvalue weighted by molar-refractivity contribution is 0.414. The molecule has 15 heavy (non-hydrogen) atoms. The highest BCUT2D eigenvalue weighted by Gasteiger charge is 2.08. The van der Waals surface area contributed by atoms with Gasteiger partial charge in [0, 0.05) is 3.57 Å². The Bertz CT molecular complexity index is 441. The molecule has 0 radical (unpaired) electrons. The minimum absolute atomic E-state index is 0.268. The van der Waals surface area contributed by atoms with Gasteiger partial charge in [-0.2, -0.15) is 8.42 Å². The Morgan fingerprint density at radius 3 is 2.67 bits per heavy atom. The summed E-state index contributed by atoms with van der Waals surface area (Å²) in [4.78, 5) is 0. The number of methoxy groups -OCH3 is 1. The monoisotopic (exact) mass is 342 g/mol. The van der Waals surface area contributed by atoms with Gasteiger partial charge in [-0.25, -0.2) is 0 Å². The maximum Gasteiger partial charge on any atom is 0.265 e. The van der Waals surface area contributed by atoms with Crippen molar-refractivity contribution in [2.75, 3.05) is 12.9 Å². The number of hydrogen-bond acceptors (Lipinski definition) is 3. The fourth-order valence-electron chi connectivity index (χ4n) is 1.11. The molecule has 0 fully saturated rings. The van der Waals surface area contributed by atoms with E-state index in [9.17, 15) is 8.42 Å². The lowest BCUT2D eigenvalue weighted by Crippen LogP contribution is -2.07. The van der Waals surface area contributed by atoms with E-state index < -0.39 is 10.1 Å². The van der Waals surface area contributed by atoms with Crippen LogP contribution in [0.25, 0.3) is 0 Å². The fraction of sp³-hybridized carbons (Fsp3) is 0.333. The molecule has 6 heteroatoms. The lowest BCUT2D eigenvalue weighted by atomic mass is 10.2. The van der Waals surface area contributed by atoms with Crippen LogP contribution in [0.5, 0.6) is 5.75 Å². The van der Waals surface area contributed by atoms with Crippen LogP contribution in [0.2, 0.25) is 0 Å². The van der Waals surface area contributed by atoms with Crippen molar-refractivity contribution in [3.05, 3.63) is 27.3 Å². The predicted octanol–water partition coefficient (Wildman–Crippen LogP) is 1.73. The van der Waals surface area contributed by atoms with Crippen molar-refractivity contribution in [1.82, 2.24) is 0 Å². The predicted molar refractivity (Wildman–Crippen MR) is 65.8 cm³/mol. The Labute approximate surface area is 103 Å². The second-order valence-electron chi connectivity index (χ2n) is 2.99. The molecule has 0 unspecified atom stereocenters. The van der Waals surface area contributed by atoms with Gasteiger partial charge in [-0.05, 0) is 52.8 Å². The van der Waals surface area contributed by atoms with Gasteiger partial charge in [0.15, 0.2) is 0 Å². The highest BCUT2D eigenvalue weighted by Crippen LogP contribution is 2.20. The Hall–Kier alpha value is -0.340. The van der Waals surface area contributed by atoms with E-state index in [1.165, 1.54) is 0 Å².